The Labute approximate surface area is 358 Å². The van der Waals surface area contributed by atoms with Gasteiger partial charge in [-0.25, -0.2) is 0 Å². The number of phenolic OH excluding ortho intramolecular Hbond substituents is 1. The molecule has 0 bridgehead atoms. The number of hydrogen-bond donors (Lipinski definition) is 1. The fraction of sp³-hybridized carbons (Fsp3) is 0.234. The molecule has 7 aromatic rings. The fourth-order valence-corrected chi connectivity index (χ4v) is 9.04. The number of aromatic hydroxyl groups is 1. The summed E-state index contributed by atoms with van der Waals surface area (Å²) >= 11 is 6.47. The number of carbonyl (C=O) groups is 2. The zero-order valence-electron chi connectivity index (χ0n) is 33.3. The van der Waals surface area contributed by atoms with Crippen molar-refractivity contribution in [3.05, 3.63) is 143 Å². The van der Waals surface area contributed by atoms with Crippen molar-refractivity contribution in [1.82, 2.24) is 23.8 Å². The summed E-state index contributed by atoms with van der Waals surface area (Å²) in [7, 11) is 4.13. The van der Waals surface area contributed by atoms with Gasteiger partial charge in [0.2, 0.25) is 6.79 Å². The second kappa shape index (κ2) is 15.9. The van der Waals surface area contributed by atoms with Crippen LogP contribution in [-0.2, 0) is 20.0 Å². The van der Waals surface area contributed by atoms with Crippen molar-refractivity contribution in [1.29, 1.82) is 0 Å². The highest BCUT2D eigenvalue weighted by Crippen LogP contribution is 2.41. The average Bonchev–Trinajstić information content (AvgIpc) is 3.98. The number of piperazine rings is 1. The zero-order chi connectivity index (χ0) is 40.4. The largest absolute Gasteiger partial charge is 0.506 e. The van der Waals surface area contributed by atoms with Crippen molar-refractivity contribution in [3.63, 3.8) is 0 Å². The molecule has 0 saturated carbocycles. The Kier molecular flexibility index (Phi) is 10.5. The lowest BCUT2D eigenvalue weighted by Crippen LogP contribution is -2.53. The number of fused-ring (bicyclic) bond motifs is 4. The number of anilines is 2. The summed E-state index contributed by atoms with van der Waals surface area (Å²) in [5.41, 5.74) is 6.73. The first-order valence-electron chi connectivity index (χ1n) is 19.9. The molecular weight excluding hydrogens is 799 g/mol. The minimum Gasteiger partial charge on any atom is -0.506 e. The number of amides is 2. The van der Waals surface area contributed by atoms with E-state index in [0.29, 0.717) is 51.6 Å². The third-order valence-electron chi connectivity index (χ3n) is 12.1. The third kappa shape index (κ3) is 7.01. The molecule has 3 aliphatic rings. The van der Waals surface area contributed by atoms with Gasteiger partial charge in [-0.3, -0.25) is 19.4 Å². The summed E-state index contributed by atoms with van der Waals surface area (Å²) in [6.45, 7) is 5.17. The van der Waals surface area contributed by atoms with Crippen LogP contribution in [0.3, 0.4) is 0 Å². The van der Waals surface area contributed by atoms with Gasteiger partial charge in [-0.15, -0.1) is 12.4 Å². The minimum atomic E-state index is -0.314. The molecule has 306 valence electrons. The van der Waals surface area contributed by atoms with Crippen molar-refractivity contribution in [3.8, 4) is 22.9 Å². The molecule has 60 heavy (non-hydrogen) atoms. The number of aryl methyl sites for hydroxylation is 1. The lowest BCUT2D eigenvalue weighted by Gasteiger charge is -2.41. The predicted molar refractivity (Wildman–Crippen MR) is 237 cm³/mol. The number of halogens is 2. The van der Waals surface area contributed by atoms with Crippen LogP contribution in [0, 0.1) is 0 Å². The molecule has 0 unspecified atom stereocenters. The van der Waals surface area contributed by atoms with Gasteiger partial charge < -0.3 is 33.5 Å². The Hall–Kier alpha value is -5.98. The number of aromatic nitrogens is 2. The maximum atomic E-state index is 15.3. The standard InChI is InChI=1S/C47H43ClN6O5.ClH/c1-49-17-19-51(20-18-49)27-35-21-30-7-3-4-8-32(30)26-52(35)46(56)37-24-44-45(59-29-58-44)25-42(37)53-28-38(36-9-5-6-10-41(36)53)47(57)54(34-12-14-43(55)39(48)23-34)33-11-13-40-31(22-33)15-16-50(40)2;/h3-16,22-25,28,35,55H,17-21,26-27,29H2,1-2H3;1H/t35-;/m0./s1. The zero-order valence-corrected chi connectivity index (χ0v) is 34.8. The van der Waals surface area contributed by atoms with Crippen molar-refractivity contribution in [2.75, 3.05) is 51.5 Å². The van der Waals surface area contributed by atoms with E-state index >= 15 is 9.59 Å². The number of phenols is 1. The molecule has 1 saturated heterocycles. The topological polar surface area (TPSA) is 95.7 Å². The second-order valence-corrected chi connectivity index (χ2v) is 16.2. The molecule has 2 aromatic heterocycles. The van der Waals surface area contributed by atoms with E-state index < -0.39 is 0 Å². The van der Waals surface area contributed by atoms with Crippen molar-refractivity contribution in [2.45, 2.75) is 19.0 Å². The number of carbonyl (C=O) groups excluding carboxylic acids is 2. The van der Waals surface area contributed by atoms with Crippen LogP contribution in [0.4, 0.5) is 11.4 Å². The minimum absolute atomic E-state index is 0. The lowest BCUT2D eigenvalue weighted by molar-refractivity contribution is 0.0535. The lowest BCUT2D eigenvalue weighted by atomic mass is 9.92. The molecule has 0 radical (unpaired) electrons. The molecule has 13 heteroatoms. The van der Waals surface area contributed by atoms with Crippen LogP contribution in [0.2, 0.25) is 5.02 Å². The number of ether oxygens (including phenoxy) is 2. The van der Waals surface area contributed by atoms with Gasteiger partial charge in [0.05, 0.1) is 33.0 Å². The maximum Gasteiger partial charge on any atom is 0.265 e. The predicted octanol–water partition coefficient (Wildman–Crippen LogP) is 8.42. The Morgan fingerprint density at radius 1 is 0.800 bits per heavy atom. The molecule has 0 aliphatic carbocycles. The van der Waals surface area contributed by atoms with Crippen LogP contribution in [0.15, 0.2) is 116 Å². The van der Waals surface area contributed by atoms with Gasteiger partial charge in [-0.1, -0.05) is 54.1 Å². The van der Waals surface area contributed by atoms with Crippen LogP contribution < -0.4 is 14.4 Å². The van der Waals surface area contributed by atoms with Crippen molar-refractivity contribution >= 4 is 69.0 Å². The summed E-state index contributed by atoms with van der Waals surface area (Å²) < 4.78 is 15.8. The molecule has 0 spiro atoms. The van der Waals surface area contributed by atoms with Gasteiger partial charge in [-0.2, -0.15) is 0 Å². The average molecular weight is 844 g/mol. The first-order valence-corrected chi connectivity index (χ1v) is 20.3. The van der Waals surface area contributed by atoms with E-state index in [1.54, 1.807) is 23.1 Å². The fourth-order valence-electron chi connectivity index (χ4n) is 8.87. The maximum absolute atomic E-state index is 15.3. The normalized spacial score (nSPS) is 16.5. The molecule has 5 heterocycles. The summed E-state index contributed by atoms with van der Waals surface area (Å²) in [4.78, 5) is 39.0. The van der Waals surface area contributed by atoms with Gasteiger partial charge in [0.15, 0.2) is 11.5 Å². The first kappa shape index (κ1) is 39.5. The highest BCUT2D eigenvalue weighted by molar-refractivity contribution is 6.32. The summed E-state index contributed by atoms with van der Waals surface area (Å²) in [5, 5.41) is 12.1. The van der Waals surface area contributed by atoms with Crippen LogP contribution >= 0.6 is 24.0 Å². The highest BCUT2D eigenvalue weighted by Gasteiger charge is 2.35. The van der Waals surface area contributed by atoms with Gasteiger partial charge in [0.25, 0.3) is 11.8 Å². The summed E-state index contributed by atoms with van der Waals surface area (Å²) in [6, 6.07) is 32.3. The number of benzene rings is 5. The van der Waals surface area contributed by atoms with E-state index in [4.69, 9.17) is 21.1 Å². The van der Waals surface area contributed by atoms with Crippen LogP contribution in [0.25, 0.3) is 27.5 Å². The van der Waals surface area contributed by atoms with Gasteiger partial charge in [-0.05, 0) is 79.2 Å². The quantitative estimate of drug-likeness (QED) is 0.172. The number of hydrogen-bond acceptors (Lipinski definition) is 7. The molecule has 1 atom stereocenters. The summed E-state index contributed by atoms with van der Waals surface area (Å²) in [5.74, 6) is 0.516. The molecule has 10 rings (SSSR count). The first-order chi connectivity index (χ1) is 28.7. The van der Waals surface area contributed by atoms with E-state index in [1.807, 2.05) is 94.1 Å². The van der Waals surface area contributed by atoms with Crippen LogP contribution in [0.5, 0.6) is 17.2 Å². The molecular formula is C47H44Cl2N6O5. The molecule has 3 aliphatic heterocycles. The monoisotopic (exact) mass is 842 g/mol. The van der Waals surface area contributed by atoms with Crippen LogP contribution in [0.1, 0.15) is 31.8 Å². The second-order valence-electron chi connectivity index (χ2n) is 15.8. The Morgan fingerprint density at radius 2 is 1.52 bits per heavy atom. The number of para-hydroxylation sites is 1. The molecule has 5 aromatic carbocycles. The van der Waals surface area contributed by atoms with E-state index in [2.05, 4.69) is 35.0 Å². The summed E-state index contributed by atoms with van der Waals surface area (Å²) in [6.07, 6.45) is 4.54. The number of nitrogens with zero attached hydrogens (tertiary/aromatic N) is 6. The Bertz CT molecular complexity index is 2790. The van der Waals surface area contributed by atoms with Crippen LogP contribution in [-0.4, -0.2) is 93.4 Å². The number of rotatable bonds is 7. The van der Waals surface area contributed by atoms with Gasteiger partial charge >= 0.3 is 0 Å². The van der Waals surface area contributed by atoms with E-state index in [1.165, 1.54) is 11.6 Å². The van der Waals surface area contributed by atoms with Gasteiger partial charge in [0, 0.05) is 92.8 Å². The molecule has 1 N–H and O–H groups in total. The van der Waals surface area contributed by atoms with E-state index in [9.17, 15) is 5.11 Å². The van der Waals surface area contributed by atoms with E-state index in [-0.39, 0.29) is 47.8 Å². The third-order valence-corrected chi connectivity index (χ3v) is 12.4. The van der Waals surface area contributed by atoms with Gasteiger partial charge in [0.1, 0.15) is 5.75 Å². The smallest absolute Gasteiger partial charge is 0.265 e. The Balaban J connectivity index is 0.00000462. The number of likely N-dealkylation sites (N-methyl/N-ethyl adjacent to an activating group) is 1. The Morgan fingerprint density at radius 3 is 2.32 bits per heavy atom. The van der Waals surface area contributed by atoms with Crippen molar-refractivity contribution in [2.24, 2.45) is 7.05 Å². The molecule has 1 fully saturated rings. The van der Waals surface area contributed by atoms with Crippen molar-refractivity contribution < 1.29 is 24.2 Å². The SMILES string of the molecule is CN1CCN(C[C@@H]2Cc3ccccc3CN2C(=O)c2cc3c(cc2-n2cc(C(=O)N(c4ccc(O)c(Cl)c4)c4ccc5c(ccn5C)c4)c4ccccc42)OCO3)CC1.Cl. The highest BCUT2D eigenvalue weighted by atomic mass is 35.5. The molecule has 2 amide bonds. The van der Waals surface area contributed by atoms with E-state index in [0.717, 1.165) is 61.1 Å². The molecule has 11 nitrogen and oxygen atoms in total.